The number of hydrogen-bond donors (Lipinski definition) is 0. The van der Waals surface area contributed by atoms with Crippen molar-refractivity contribution in [2.24, 2.45) is 11.3 Å². The van der Waals surface area contributed by atoms with E-state index >= 15 is 0 Å². The second kappa shape index (κ2) is 3.10. The van der Waals surface area contributed by atoms with Gasteiger partial charge in [0, 0.05) is 3.95 Å². The highest BCUT2D eigenvalue weighted by molar-refractivity contribution is 9.10. The largest absolute Gasteiger partial charge is 0.0879 e. The van der Waals surface area contributed by atoms with E-state index in [0.29, 0.717) is 9.36 Å². The summed E-state index contributed by atoms with van der Waals surface area (Å²) in [5, 5.41) is 0. The van der Waals surface area contributed by atoms with E-state index in [1.54, 1.807) is 0 Å². The quantitative estimate of drug-likeness (QED) is 0.510. The van der Waals surface area contributed by atoms with Crippen LogP contribution in [0.4, 0.5) is 0 Å². The van der Waals surface area contributed by atoms with Crippen molar-refractivity contribution in [3.63, 3.8) is 0 Å². The average Bonchev–Trinajstić information content (AvgIpc) is 2.69. The lowest BCUT2D eigenvalue weighted by molar-refractivity contribution is 0.326. The van der Waals surface area contributed by atoms with Gasteiger partial charge in [0.25, 0.3) is 0 Å². The second-order valence-electron chi connectivity index (χ2n) is 6.27. The van der Waals surface area contributed by atoms with Gasteiger partial charge in [-0.05, 0) is 30.6 Å². The van der Waals surface area contributed by atoms with Crippen LogP contribution in [0.15, 0.2) is 0 Å². The summed E-state index contributed by atoms with van der Waals surface area (Å²) in [7, 11) is -1.05. The van der Waals surface area contributed by atoms with Crippen LogP contribution in [0.3, 0.4) is 0 Å². The Morgan fingerprint density at radius 3 is 2.36 bits per heavy atom. The normalized spacial score (nSPS) is 47.4. The number of halogens is 1. The van der Waals surface area contributed by atoms with Crippen LogP contribution in [0, 0.1) is 11.3 Å². The lowest BCUT2D eigenvalue weighted by atomic mass is 9.86. The Morgan fingerprint density at radius 1 is 1.29 bits per heavy atom. The zero-order valence-electron chi connectivity index (χ0n) is 9.99. The molecule has 0 heterocycles. The number of rotatable bonds is 2. The van der Waals surface area contributed by atoms with Crippen LogP contribution in [-0.4, -0.2) is 12.0 Å². The smallest absolute Gasteiger partial charge is 0.0645 e. The third kappa shape index (κ3) is 1.10. The van der Waals surface area contributed by atoms with E-state index in [1.165, 1.54) is 32.1 Å². The fraction of sp³-hybridized carbons (Fsp3) is 1.00. The number of fused-ring (bicyclic) bond motifs is 1. The predicted molar refractivity (Wildman–Crippen MR) is 69.7 cm³/mol. The fourth-order valence-corrected chi connectivity index (χ4v) is 8.88. The maximum atomic E-state index is 4.18. The fourth-order valence-electron chi connectivity index (χ4n) is 4.21. The Morgan fingerprint density at radius 2 is 1.93 bits per heavy atom. The van der Waals surface area contributed by atoms with Gasteiger partial charge in [-0.1, -0.05) is 55.3 Å². The summed E-state index contributed by atoms with van der Waals surface area (Å²) < 4.78 is 0.582. The lowest BCUT2D eigenvalue weighted by Gasteiger charge is -2.30. The van der Waals surface area contributed by atoms with Crippen LogP contribution >= 0.6 is 15.9 Å². The van der Waals surface area contributed by atoms with Gasteiger partial charge >= 0.3 is 0 Å². The van der Waals surface area contributed by atoms with Crippen molar-refractivity contribution in [2.45, 2.75) is 62.6 Å². The first-order valence-electron chi connectivity index (χ1n) is 6.09. The van der Waals surface area contributed by atoms with Crippen molar-refractivity contribution in [3.8, 4) is 0 Å². The minimum absolute atomic E-state index is 0.582. The van der Waals surface area contributed by atoms with Gasteiger partial charge in [-0.15, -0.1) is 0 Å². The Hall–Kier alpha value is 0.697. The molecule has 0 radical (unpaired) electrons. The molecule has 0 nitrogen and oxygen atoms in total. The van der Waals surface area contributed by atoms with Gasteiger partial charge in [0.15, 0.2) is 0 Å². The van der Waals surface area contributed by atoms with Gasteiger partial charge in [0.1, 0.15) is 0 Å². The van der Waals surface area contributed by atoms with Gasteiger partial charge < -0.3 is 0 Å². The van der Waals surface area contributed by atoms with E-state index < -0.39 is 8.07 Å². The van der Waals surface area contributed by atoms with E-state index in [4.69, 9.17) is 0 Å². The van der Waals surface area contributed by atoms with E-state index in [-0.39, 0.29) is 0 Å². The molecule has 2 rings (SSSR count). The zero-order valence-corrected chi connectivity index (χ0v) is 12.6. The third-order valence-electron chi connectivity index (χ3n) is 4.88. The molecule has 0 aromatic rings. The highest BCUT2D eigenvalue weighted by atomic mass is 79.9. The van der Waals surface area contributed by atoms with Crippen molar-refractivity contribution >= 4 is 24.0 Å². The second-order valence-corrected chi connectivity index (χ2v) is 13.5. The molecule has 14 heavy (non-hydrogen) atoms. The number of alkyl halides is 1. The van der Waals surface area contributed by atoms with Crippen molar-refractivity contribution in [1.82, 2.24) is 0 Å². The molecule has 0 aromatic carbocycles. The molecule has 82 valence electrons. The maximum Gasteiger partial charge on any atom is 0.0645 e. The summed E-state index contributed by atoms with van der Waals surface area (Å²) in [5.41, 5.74) is 0.704. The molecule has 0 aromatic heterocycles. The first-order chi connectivity index (χ1) is 6.40. The molecule has 2 heteroatoms. The minimum Gasteiger partial charge on any atom is -0.0879 e. The van der Waals surface area contributed by atoms with Crippen LogP contribution < -0.4 is 0 Å². The Balaban J connectivity index is 2.31. The molecule has 2 saturated carbocycles. The molecule has 2 aliphatic carbocycles. The summed E-state index contributed by atoms with van der Waals surface area (Å²) in [6, 6.07) is 0. The first kappa shape index (κ1) is 11.2. The van der Waals surface area contributed by atoms with Gasteiger partial charge in [0.05, 0.1) is 8.07 Å². The molecular formula is C12H23BrSi. The SMILES string of the molecule is CC[C@]12CCCC[C@H]1[C@]2(Br)[Si](C)(C)C. The summed E-state index contributed by atoms with van der Waals surface area (Å²) in [4.78, 5) is 0. The van der Waals surface area contributed by atoms with Crippen LogP contribution in [0.1, 0.15) is 39.0 Å². The lowest BCUT2D eigenvalue weighted by Crippen LogP contribution is -2.40. The first-order valence-corrected chi connectivity index (χ1v) is 10.4. The molecule has 2 fully saturated rings. The summed E-state index contributed by atoms with van der Waals surface area (Å²) in [5.74, 6) is 1.01. The summed E-state index contributed by atoms with van der Waals surface area (Å²) in [6.45, 7) is 10.0. The van der Waals surface area contributed by atoms with Crippen LogP contribution in [0.25, 0.3) is 0 Å². The monoisotopic (exact) mass is 274 g/mol. The third-order valence-corrected chi connectivity index (χ3v) is 12.8. The molecule has 0 spiro atoms. The van der Waals surface area contributed by atoms with Crippen molar-refractivity contribution in [1.29, 1.82) is 0 Å². The molecule has 0 N–H and O–H groups in total. The molecular weight excluding hydrogens is 252 g/mol. The zero-order chi connectivity index (χ0) is 10.6. The van der Waals surface area contributed by atoms with E-state index in [1.807, 2.05) is 0 Å². The molecule has 0 unspecified atom stereocenters. The highest BCUT2D eigenvalue weighted by Crippen LogP contribution is 2.77. The maximum absolute atomic E-state index is 4.18. The molecule has 0 bridgehead atoms. The predicted octanol–water partition coefficient (Wildman–Crippen LogP) is 4.60. The van der Waals surface area contributed by atoms with Crippen molar-refractivity contribution in [2.75, 3.05) is 0 Å². The highest BCUT2D eigenvalue weighted by Gasteiger charge is 2.77. The minimum atomic E-state index is -1.05. The van der Waals surface area contributed by atoms with Gasteiger partial charge in [-0.2, -0.15) is 0 Å². The number of hydrogen-bond acceptors (Lipinski definition) is 0. The molecule has 0 amide bonds. The molecule has 2 aliphatic rings. The van der Waals surface area contributed by atoms with Crippen molar-refractivity contribution in [3.05, 3.63) is 0 Å². The van der Waals surface area contributed by atoms with Crippen LogP contribution in [0.5, 0.6) is 0 Å². The summed E-state index contributed by atoms with van der Waals surface area (Å²) >= 11 is 4.18. The van der Waals surface area contributed by atoms with Gasteiger partial charge in [0.2, 0.25) is 0 Å². The van der Waals surface area contributed by atoms with E-state index in [9.17, 15) is 0 Å². The Kier molecular flexibility index (Phi) is 2.48. The molecule has 0 aliphatic heterocycles. The molecule has 0 saturated heterocycles. The van der Waals surface area contributed by atoms with E-state index in [0.717, 1.165) is 5.92 Å². The standard InChI is InChI=1S/C12H23BrSi/c1-5-11-9-7-6-8-10(11)12(11,13)14(2,3)4/h10H,5-9H2,1-4H3/t10-,11+,12+/m1/s1. The molecule has 3 atom stereocenters. The van der Waals surface area contributed by atoms with Crippen molar-refractivity contribution < 1.29 is 0 Å². The van der Waals surface area contributed by atoms with Gasteiger partial charge in [-0.25, -0.2) is 0 Å². The Bertz CT molecular complexity index is 245. The van der Waals surface area contributed by atoms with E-state index in [2.05, 4.69) is 42.5 Å². The van der Waals surface area contributed by atoms with Gasteiger partial charge in [-0.3, -0.25) is 0 Å². The summed E-state index contributed by atoms with van der Waals surface area (Å²) in [6.07, 6.45) is 7.33. The van der Waals surface area contributed by atoms with Crippen LogP contribution in [-0.2, 0) is 0 Å². The van der Waals surface area contributed by atoms with Crippen LogP contribution in [0.2, 0.25) is 19.6 Å². The average molecular weight is 275 g/mol. The topological polar surface area (TPSA) is 0 Å². The Labute approximate surface area is 98.0 Å².